The molecule has 2 aliphatic rings. The molecule has 1 aromatic carbocycles. The van der Waals surface area contributed by atoms with E-state index in [1.807, 2.05) is 7.05 Å². The summed E-state index contributed by atoms with van der Waals surface area (Å²) in [6.45, 7) is 4.80. The summed E-state index contributed by atoms with van der Waals surface area (Å²) in [6.07, 6.45) is 5.80. The molecule has 1 aliphatic heterocycles. The lowest BCUT2D eigenvalue weighted by atomic mass is 9.77. The molecule has 1 unspecified atom stereocenters. The van der Waals surface area contributed by atoms with Crippen molar-refractivity contribution in [2.45, 2.75) is 38.6 Å². The predicted octanol–water partition coefficient (Wildman–Crippen LogP) is 3.35. The van der Waals surface area contributed by atoms with Gasteiger partial charge in [0.15, 0.2) is 0 Å². The molecule has 0 radical (unpaired) electrons. The fourth-order valence-corrected chi connectivity index (χ4v) is 3.67. The molecule has 0 aromatic heterocycles. The maximum atomic E-state index is 3.36. The third-order valence-corrected chi connectivity index (χ3v) is 4.89. The van der Waals surface area contributed by atoms with Crippen molar-refractivity contribution in [3.63, 3.8) is 0 Å². The third kappa shape index (κ3) is 1.93. The molecular formula is C16H24N2. The van der Waals surface area contributed by atoms with Gasteiger partial charge in [0.05, 0.1) is 0 Å². The minimum atomic E-state index is 0.432. The highest BCUT2D eigenvalue weighted by atomic mass is 15.2. The number of benzene rings is 1. The summed E-state index contributed by atoms with van der Waals surface area (Å²) in [7, 11) is 2.04. The van der Waals surface area contributed by atoms with Gasteiger partial charge in [-0.05, 0) is 38.4 Å². The van der Waals surface area contributed by atoms with Crippen LogP contribution in [0.3, 0.4) is 0 Å². The summed E-state index contributed by atoms with van der Waals surface area (Å²) >= 11 is 0. The molecule has 1 spiro atoms. The van der Waals surface area contributed by atoms with Gasteiger partial charge in [-0.3, -0.25) is 0 Å². The zero-order chi connectivity index (χ0) is 12.6. The highest BCUT2D eigenvalue weighted by Crippen LogP contribution is 2.47. The predicted molar refractivity (Wildman–Crippen MR) is 77.0 cm³/mol. The summed E-state index contributed by atoms with van der Waals surface area (Å²) in [5, 5.41) is 3.36. The van der Waals surface area contributed by atoms with Crippen LogP contribution >= 0.6 is 0 Å². The zero-order valence-electron chi connectivity index (χ0n) is 11.6. The van der Waals surface area contributed by atoms with Crippen LogP contribution in [0.5, 0.6) is 0 Å². The summed E-state index contributed by atoms with van der Waals surface area (Å²) in [4.78, 5) is 2.58. The van der Waals surface area contributed by atoms with E-state index in [4.69, 9.17) is 0 Å². The molecule has 18 heavy (non-hydrogen) atoms. The van der Waals surface area contributed by atoms with E-state index in [-0.39, 0.29) is 0 Å². The summed E-state index contributed by atoms with van der Waals surface area (Å²) in [6, 6.07) is 9.29. The average molecular weight is 244 g/mol. The minimum absolute atomic E-state index is 0.432. The molecule has 1 saturated carbocycles. The van der Waals surface area contributed by atoms with Crippen LogP contribution < -0.4 is 10.2 Å². The van der Waals surface area contributed by atoms with Gasteiger partial charge in [0.2, 0.25) is 0 Å². The standard InChI is InChI=1S/C16H24N2/c1-13(17-2)14-7-3-4-8-15(14)18-11-16(12-18)9-5-6-10-16/h3-4,7-8,13,17H,5-6,9-12H2,1-2H3. The van der Waals surface area contributed by atoms with Crippen molar-refractivity contribution in [2.75, 3.05) is 25.0 Å². The molecule has 1 atom stereocenters. The first-order valence-electron chi connectivity index (χ1n) is 7.25. The van der Waals surface area contributed by atoms with Crippen LogP contribution in [-0.4, -0.2) is 20.1 Å². The van der Waals surface area contributed by atoms with Crippen LogP contribution in [0.1, 0.15) is 44.2 Å². The number of rotatable bonds is 3. The number of nitrogens with zero attached hydrogens (tertiary/aromatic N) is 1. The first-order chi connectivity index (χ1) is 8.74. The van der Waals surface area contributed by atoms with Gasteiger partial charge in [-0.25, -0.2) is 0 Å². The van der Waals surface area contributed by atoms with Gasteiger partial charge in [0.25, 0.3) is 0 Å². The van der Waals surface area contributed by atoms with Crippen LogP contribution in [0.2, 0.25) is 0 Å². The Kier molecular flexibility index (Phi) is 3.06. The maximum Gasteiger partial charge on any atom is 0.0415 e. The Labute approximate surface area is 110 Å². The number of hydrogen-bond acceptors (Lipinski definition) is 2. The largest absolute Gasteiger partial charge is 0.370 e. The van der Waals surface area contributed by atoms with E-state index in [1.54, 1.807) is 0 Å². The third-order valence-electron chi connectivity index (χ3n) is 4.89. The van der Waals surface area contributed by atoms with Crippen molar-refractivity contribution in [1.29, 1.82) is 0 Å². The quantitative estimate of drug-likeness (QED) is 0.877. The molecule has 2 heteroatoms. The zero-order valence-corrected chi connectivity index (χ0v) is 11.6. The van der Waals surface area contributed by atoms with Crippen molar-refractivity contribution >= 4 is 5.69 Å². The van der Waals surface area contributed by atoms with Gasteiger partial charge in [-0.2, -0.15) is 0 Å². The molecular weight excluding hydrogens is 220 g/mol. The Balaban J connectivity index is 1.77. The van der Waals surface area contributed by atoms with Crippen molar-refractivity contribution in [1.82, 2.24) is 5.32 Å². The van der Waals surface area contributed by atoms with E-state index in [9.17, 15) is 0 Å². The van der Waals surface area contributed by atoms with Crippen LogP contribution in [0.25, 0.3) is 0 Å². The second-order valence-electron chi connectivity index (χ2n) is 6.13. The fourth-order valence-electron chi connectivity index (χ4n) is 3.67. The average Bonchev–Trinajstić information content (AvgIpc) is 2.85. The molecule has 1 N–H and O–H groups in total. The molecule has 2 nitrogen and oxygen atoms in total. The normalized spacial score (nSPS) is 23.1. The van der Waals surface area contributed by atoms with Crippen molar-refractivity contribution in [3.05, 3.63) is 29.8 Å². The lowest BCUT2D eigenvalue weighted by Gasteiger charge is -2.50. The number of anilines is 1. The topological polar surface area (TPSA) is 15.3 Å². The number of nitrogens with one attached hydrogen (secondary N) is 1. The number of para-hydroxylation sites is 1. The molecule has 1 aromatic rings. The number of hydrogen-bond donors (Lipinski definition) is 1. The lowest BCUT2D eigenvalue weighted by Crippen LogP contribution is -2.55. The van der Waals surface area contributed by atoms with Gasteiger partial charge in [0.1, 0.15) is 0 Å². The smallest absolute Gasteiger partial charge is 0.0415 e. The Morgan fingerprint density at radius 3 is 2.50 bits per heavy atom. The van der Waals surface area contributed by atoms with E-state index in [0.29, 0.717) is 11.5 Å². The van der Waals surface area contributed by atoms with Crippen molar-refractivity contribution in [3.8, 4) is 0 Å². The van der Waals surface area contributed by atoms with Gasteiger partial charge >= 0.3 is 0 Å². The van der Waals surface area contributed by atoms with Crippen LogP contribution in [0.4, 0.5) is 5.69 Å². The summed E-state index contributed by atoms with van der Waals surface area (Å²) in [5.41, 5.74) is 3.56. The van der Waals surface area contributed by atoms with E-state index in [1.165, 1.54) is 50.0 Å². The SMILES string of the molecule is CNC(C)c1ccccc1N1CC2(CCCC2)C1. The molecule has 1 saturated heterocycles. The molecule has 1 heterocycles. The Hall–Kier alpha value is -1.02. The van der Waals surface area contributed by atoms with Gasteiger partial charge in [-0.1, -0.05) is 31.0 Å². The second kappa shape index (κ2) is 4.58. The van der Waals surface area contributed by atoms with Crippen LogP contribution in [0.15, 0.2) is 24.3 Å². The Bertz CT molecular complexity index is 413. The maximum absolute atomic E-state index is 3.36. The highest BCUT2D eigenvalue weighted by molar-refractivity contribution is 5.57. The van der Waals surface area contributed by atoms with E-state index < -0.39 is 0 Å². The second-order valence-corrected chi connectivity index (χ2v) is 6.13. The van der Waals surface area contributed by atoms with Crippen LogP contribution in [-0.2, 0) is 0 Å². The van der Waals surface area contributed by atoms with Crippen molar-refractivity contribution < 1.29 is 0 Å². The molecule has 98 valence electrons. The van der Waals surface area contributed by atoms with E-state index in [2.05, 4.69) is 41.4 Å². The molecule has 1 aliphatic carbocycles. The molecule has 2 fully saturated rings. The van der Waals surface area contributed by atoms with Crippen LogP contribution in [0, 0.1) is 5.41 Å². The molecule has 0 bridgehead atoms. The summed E-state index contributed by atoms with van der Waals surface area (Å²) < 4.78 is 0. The van der Waals surface area contributed by atoms with Gasteiger partial charge in [-0.15, -0.1) is 0 Å². The Morgan fingerprint density at radius 1 is 1.17 bits per heavy atom. The van der Waals surface area contributed by atoms with E-state index in [0.717, 1.165) is 0 Å². The summed E-state index contributed by atoms with van der Waals surface area (Å²) in [5.74, 6) is 0. The van der Waals surface area contributed by atoms with E-state index >= 15 is 0 Å². The van der Waals surface area contributed by atoms with Gasteiger partial charge < -0.3 is 10.2 Å². The van der Waals surface area contributed by atoms with Gasteiger partial charge in [0, 0.05) is 30.2 Å². The molecule has 0 amide bonds. The first kappa shape index (κ1) is 12.0. The first-order valence-corrected chi connectivity index (χ1v) is 7.25. The molecule has 3 rings (SSSR count). The monoisotopic (exact) mass is 244 g/mol. The minimum Gasteiger partial charge on any atom is -0.370 e. The Morgan fingerprint density at radius 2 is 1.83 bits per heavy atom. The lowest BCUT2D eigenvalue weighted by molar-refractivity contribution is 0.221. The van der Waals surface area contributed by atoms with Crippen molar-refractivity contribution in [2.24, 2.45) is 5.41 Å². The highest BCUT2D eigenvalue weighted by Gasteiger charge is 2.45. The fraction of sp³-hybridized carbons (Fsp3) is 0.625.